The van der Waals surface area contributed by atoms with Crippen LogP contribution >= 0.6 is 11.6 Å². The zero-order chi connectivity index (χ0) is 31.1. The van der Waals surface area contributed by atoms with Gasteiger partial charge in [-0.15, -0.1) is 0 Å². The van der Waals surface area contributed by atoms with E-state index in [4.69, 9.17) is 41.0 Å². The molecular formula is C35H31ClN2O6. The number of para-hydroxylation sites is 1. The lowest BCUT2D eigenvalue weighted by molar-refractivity contribution is 0.0730. The van der Waals surface area contributed by atoms with Gasteiger partial charge in [0.25, 0.3) is 0 Å². The molecule has 0 radical (unpaired) electrons. The van der Waals surface area contributed by atoms with E-state index in [0.29, 0.717) is 52.4 Å². The first kappa shape index (κ1) is 30.3. The minimum absolute atomic E-state index is 0.0369. The Labute approximate surface area is 261 Å². The summed E-state index contributed by atoms with van der Waals surface area (Å²) in [5.41, 5.74) is 9.15. The zero-order valence-electron chi connectivity index (χ0n) is 24.3. The van der Waals surface area contributed by atoms with E-state index >= 15 is 0 Å². The Morgan fingerprint density at radius 3 is 2.52 bits per heavy atom. The number of allylic oxidation sites excluding steroid dienone is 1. The SMILES string of the molecule is CCCCOc1ccccc1C(=O)Oc1ccc2c(c1)OC(N)=C(C#N)C2c1ccc(OCc2ccc(Cl)cc2)c(OC)c1. The number of halogens is 1. The molecule has 5 rings (SSSR count). The summed E-state index contributed by atoms with van der Waals surface area (Å²) in [6, 6.07) is 27.0. The van der Waals surface area contributed by atoms with Gasteiger partial charge in [-0.1, -0.05) is 61.3 Å². The number of nitriles is 1. The minimum atomic E-state index is -0.565. The highest BCUT2D eigenvalue weighted by atomic mass is 35.5. The van der Waals surface area contributed by atoms with E-state index in [9.17, 15) is 10.1 Å². The highest BCUT2D eigenvalue weighted by Gasteiger charge is 2.32. The number of unbranched alkanes of at least 4 members (excludes halogenated alkanes) is 1. The predicted molar refractivity (Wildman–Crippen MR) is 166 cm³/mol. The Bertz CT molecular complexity index is 1730. The molecule has 1 heterocycles. The van der Waals surface area contributed by atoms with Gasteiger partial charge in [0, 0.05) is 16.7 Å². The van der Waals surface area contributed by atoms with E-state index in [0.717, 1.165) is 24.0 Å². The normalized spacial score (nSPS) is 13.7. The molecule has 1 atom stereocenters. The number of fused-ring (bicyclic) bond motifs is 1. The first-order chi connectivity index (χ1) is 21.4. The van der Waals surface area contributed by atoms with Gasteiger partial charge in [0.05, 0.1) is 19.6 Å². The molecule has 0 aliphatic carbocycles. The largest absolute Gasteiger partial charge is 0.493 e. The number of nitrogens with two attached hydrogens (primary N) is 1. The van der Waals surface area contributed by atoms with Gasteiger partial charge in [0.15, 0.2) is 11.5 Å². The Morgan fingerprint density at radius 2 is 1.77 bits per heavy atom. The molecule has 0 fully saturated rings. The van der Waals surface area contributed by atoms with Crippen LogP contribution in [0.15, 0.2) is 96.4 Å². The van der Waals surface area contributed by atoms with Crippen molar-refractivity contribution in [3.05, 3.63) is 124 Å². The molecule has 2 N–H and O–H groups in total. The number of esters is 1. The molecule has 9 heteroatoms. The number of hydrogen-bond acceptors (Lipinski definition) is 8. The zero-order valence-corrected chi connectivity index (χ0v) is 25.1. The number of carbonyl (C=O) groups is 1. The quantitative estimate of drug-likeness (QED) is 0.105. The fourth-order valence-electron chi connectivity index (χ4n) is 4.82. The predicted octanol–water partition coefficient (Wildman–Crippen LogP) is 7.54. The van der Waals surface area contributed by atoms with Crippen molar-refractivity contribution in [2.24, 2.45) is 5.73 Å². The van der Waals surface area contributed by atoms with Crippen molar-refractivity contribution in [3.8, 4) is 34.8 Å². The summed E-state index contributed by atoms with van der Waals surface area (Å²) in [7, 11) is 1.55. The second-order valence-electron chi connectivity index (χ2n) is 10.0. The van der Waals surface area contributed by atoms with Gasteiger partial charge in [0.2, 0.25) is 5.88 Å². The molecule has 8 nitrogen and oxygen atoms in total. The van der Waals surface area contributed by atoms with Crippen LogP contribution in [-0.4, -0.2) is 19.7 Å². The van der Waals surface area contributed by atoms with E-state index in [1.807, 2.05) is 24.3 Å². The summed E-state index contributed by atoms with van der Waals surface area (Å²) in [6.45, 7) is 2.89. The van der Waals surface area contributed by atoms with Crippen molar-refractivity contribution in [1.82, 2.24) is 0 Å². The average Bonchev–Trinajstić information content (AvgIpc) is 3.04. The van der Waals surface area contributed by atoms with Gasteiger partial charge in [0.1, 0.15) is 41.1 Å². The first-order valence-electron chi connectivity index (χ1n) is 14.1. The Kier molecular flexibility index (Phi) is 9.58. The Hall–Kier alpha value is -5.13. The second kappa shape index (κ2) is 13.9. The summed E-state index contributed by atoms with van der Waals surface area (Å²) in [5.74, 6) is 0.954. The molecule has 1 aliphatic rings. The van der Waals surface area contributed by atoms with Gasteiger partial charge in [-0.2, -0.15) is 5.26 Å². The second-order valence-corrected chi connectivity index (χ2v) is 10.5. The van der Waals surface area contributed by atoms with Crippen LogP contribution in [0.4, 0.5) is 0 Å². The molecule has 4 aromatic carbocycles. The molecule has 0 bridgehead atoms. The van der Waals surface area contributed by atoms with E-state index in [1.54, 1.807) is 67.8 Å². The average molecular weight is 611 g/mol. The van der Waals surface area contributed by atoms with Crippen molar-refractivity contribution in [3.63, 3.8) is 0 Å². The maximum Gasteiger partial charge on any atom is 0.347 e. The lowest BCUT2D eigenvalue weighted by Crippen LogP contribution is -2.21. The lowest BCUT2D eigenvalue weighted by Gasteiger charge is -2.27. The number of nitrogens with zero attached hydrogens (tertiary/aromatic N) is 1. The first-order valence-corrected chi connectivity index (χ1v) is 14.5. The van der Waals surface area contributed by atoms with Crippen LogP contribution in [-0.2, 0) is 6.61 Å². The molecule has 224 valence electrons. The fourth-order valence-corrected chi connectivity index (χ4v) is 4.94. The van der Waals surface area contributed by atoms with Crippen LogP contribution in [0, 0.1) is 11.3 Å². The van der Waals surface area contributed by atoms with Gasteiger partial charge >= 0.3 is 5.97 Å². The van der Waals surface area contributed by atoms with Crippen LogP contribution in [0.5, 0.6) is 28.7 Å². The molecule has 0 saturated heterocycles. The number of rotatable bonds is 11. The van der Waals surface area contributed by atoms with Crippen molar-refractivity contribution in [2.75, 3.05) is 13.7 Å². The van der Waals surface area contributed by atoms with Crippen molar-refractivity contribution >= 4 is 17.6 Å². The topological polar surface area (TPSA) is 113 Å². The van der Waals surface area contributed by atoms with E-state index < -0.39 is 11.9 Å². The third-order valence-electron chi connectivity index (χ3n) is 7.09. The molecule has 0 amide bonds. The van der Waals surface area contributed by atoms with Crippen molar-refractivity contribution < 1.29 is 28.5 Å². The van der Waals surface area contributed by atoms with E-state index in [2.05, 4.69) is 13.0 Å². The monoisotopic (exact) mass is 610 g/mol. The molecular weight excluding hydrogens is 580 g/mol. The summed E-state index contributed by atoms with van der Waals surface area (Å²) in [6.07, 6.45) is 1.85. The van der Waals surface area contributed by atoms with E-state index in [-0.39, 0.29) is 17.2 Å². The van der Waals surface area contributed by atoms with E-state index in [1.165, 1.54) is 0 Å². The number of carbonyl (C=O) groups excluding carboxylic acids is 1. The summed E-state index contributed by atoms with van der Waals surface area (Å²) >= 11 is 5.99. The van der Waals surface area contributed by atoms with Gasteiger partial charge in [-0.05, 0) is 60.0 Å². The maximum absolute atomic E-state index is 13.1. The third kappa shape index (κ3) is 6.74. The fraction of sp³-hybridized carbons (Fsp3) is 0.200. The standard InChI is InChI=1S/C35H31ClN2O6/c1-3-4-17-41-29-8-6-5-7-27(29)35(39)43-25-14-15-26-31(19-25)44-34(38)28(20-37)33(26)23-11-16-30(32(18-23)40-2)42-21-22-9-12-24(36)13-10-22/h5-16,18-19,33H,3-4,17,21,38H2,1-2H3. The number of ether oxygens (including phenoxy) is 5. The van der Waals surface area contributed by atoms with Crippen LogP contribution in [0.3, 0.4) is 0 Å². The molecule has 1 unspecified atom stereocenters. The highest BCUT2D eigenvalue weighted by molar-refractivity contribution is 6.30. The Balaban J connectivity index is 1.40. The van der Waals surface area contributed by atoms with Gasteiger partial charge in [-0.25, -0.2) is 4.79 Å². The van der Waals surface area contributed by atoms with Gasteiger partial charge < -0.3 is 29.4 Å². The maximum atomic E-state index is 13.1. The van der Waals surface area contributed by atoms with Crippen molar-refractivity contribution in [2.45, 2.75) is 32.3 Å². The van der Waals surface area contributed by atoms with Crippen LogP contribution in [0.25, 0.3) is 0 Å². The number of methoxy groups -OCH3 is 1. The molecule has 0 saturated carbocycles. The summed E-state index contributed by atoms with van der Waals surface area (Å²) < 4.78 is 29.0. The smallest absolute Gasteiger partial charge is 0.347 e. The molecule has 0 spiro atoms. The lowest BCUT2D eigenvalue weighted by atomic mass is 9.83. The summed E-state index contributed by atoms with van der Waals surface area (Å²) in [4.78, 5) is 13.1. The minimum Gasteiger partial charge on any atom is -0.493 e. The molecule has 4 aromatic rings. The third-order valence-corrected chi connectivity index (χ3v) is 7.34. The number of benzene rings is 4. The molecule has 44 heavy (non-hydrogen) atoms. The number of hydrogen-bond donors (Lipinski definition) is 1. The van der Waals surface area contributed by atoms with Crippen molar-refractivity contribution in [1.29, 1.82) is 5.26 Å². The van der Waals surface area contributed by atoms with Crippen LogP contribution < -0.4 is 29.4 Å². The molecule has 0 aromatic heterocycles. The highest BCUT2D eigenvalue weighted by Crippen LogP contribution is 2.45. The van der Waals surface area contributed by atoms with Crippen LogP contribution in [0.1, 0.15) is 52.7 Å². The van der Waals surface area contributed by atoms with Crippen LogP contribution in [0.2, 0.25) is 5.02 Å². The molecule has 1 aliphatic heterocycles. The van der Waals surface area contributed by atoms with Gasteiger partial charge in [-0.3, -0.25) is 0 Å². The Morgan fingerprint density at radius 1 is 0.977 bits per heavy atom. The summed E-state index contributed by atoms with van der Waals surface area (Å²) in [5, 5.41) is 10.7.